The molecule has 0 N–H and O–H groups in total. The number of hydrogen-bond acceptors (Lipinski definition) is 2. The molecule has 1 atom stereocenters. The van der Waals surface area contributed by atoms with E-state index in [2.05, 4.69) is 93.4 Å². The fraction of sp³-hybridized carbons (Fsp3) is 0.188. The number of fused-ring (bicyclic) bond motifs is 3. The lowest BCUT2D eigenvalue weighted by Crippen LogP contribution is -2.10. The van der Waals surface area contributed by atoms with Crippen molar-refractivity contribution in [3.8, 4) is 5.69 Å². The van der Waals surface area contributed by atoms with E-state index in [0.717, 1.165) is 37.7 Å². The summed E-state index contributed by atoms with van der Waals surface area (Å²) in [6.45, 7) is 0. The number of allylic oxidation sites excluding steroid dienone is 4. The van der Waals surface area contributed by atoms with Crippen molar-refractivity contribution >= 4 is 27.4 Å². The van der Waals surface area contributed by atoms with E-state index in [1.807, 2.05) is 12.4 Å². The molecule has 2 heterocycles. The largest absolute Gasteiger partial charge is 0.309 e. The van der Waals surface area contributed by atoms with Crippen molar-refractivity contribution in [1.29, 1.82) is 0 Å². The predicted octanol–water partition coefficient (Wildman–Crippen LogP) is 7.48. The second-order valence-electron chi connectivity index (χ2n) is 9.80. The average Bonchev–Trinajstić information content (AvgIpc) is 3.25. The van der Waals surface area contributed by atoms with E-state index >= 15 is 0 Å². The molecular weight excluding hydrogens is 426 g/mol. The highest BCUT2D eigenvalue weighted by Crippen LogP contribution is 2.38. The Labute approximate surface area is 205 Å². The van der Waals surface area contributed by atoms with Gasteiger partial charge < -0.3 is 4.57 Å². The summed E-state index contributed by atoms with van der Waals surface area (Å²) in [4.78, 5) is 8.57. The second kappa shape index (κ2) is 8.35. The van der Waals surface area contributed by atoms with Gasteiger partial charge in [0.2, 0.25) is 0 Å². The van der Waals surface area contributed by atoms with Crippen LogP contribution in [0.4, 0.5) is 0 Å². The van der Waals surface area contributed by atoms with Crippen LogP contribution in [0.25, 0.3) is 33.1 Å². The molecular formula is C32H27N3. The van der Waals surface area contributed by atoms with Crippen molar-refractivity contribution in [2.24, 2.45) is 5.92 Å². The highest BCUT2D eigenvalue weighted by molar-refractivity contribution is 6.09. The molecule has 170 valence electrons. The van der Waals surface area contributed by atoms with Gasteiger partial charge in [-0.25, -0.2) is 9.97 Å². The minimum atomic E-state index is 0.527. The van der Waals surface area contributed by atoms with Crippen molar-refractivity contribution in [1.82, 2.24) is 14.5 Å². The van der Waals surface area contributed by atoms with Crippen LogP contribution in [0, 0.1) is 5.92 Å². The Balaban J connectivity index is 1.36. The Morgan fingerprint density at radius 3 is 2.29 bits per heavy atom. The Morgan fingerprint density at radius 2 is 1.51 bits per heavy atom. The van der Waals surface area contributed by atoms with E-state index < -0.39 is 0 Å². The molecule has 4 bridgehead atoms. The summed E-state index contributed by atoms with van der Waals surface area (Å²) in [5, 5.41) is 2.64. The van der Waals surface area contributed by atoms with Crippen LogP contribution in [0.2, 0.25) is 0 Å². The number of rotatable bonds is 2. The number of hydrogen-bond donors (Lipinski definition) is 0. The van der Waals surface area contributed by atoms with E-state index in [0.29, 0.717) is 5.92 Å². The number of benzene rings is 3. The summed E-state index contributed by atoms with van der Waals surface area (Å²) in [5.74, 6) is 0.527. The van der Waals surface area contributed by atoms with E-state index in [1.165, 1.54) is 49.8 Å². The lowest BCUT2D eigenvalue weighted by molar-refractivity contribution is 0.590. The predicted molar refractivity (Wildman–Crippen MR) is 144 cm³/mol. The quantitative estimate of drug-likeness (QED) is 0.277. The summed E-state index contributed by atoms with van der Waals surface area (Å²) < 4.78 is 2.50. The molecule has 5 aliphatic rings. The third kappa shape index (κ3) is 3.50. The standard InChI is InChI=1S/C32H27N3/c1-3-7-30-27(5-1)28-6-2-4-8-31(28)35(30)32-18-23-10-14-24-13-9-22(11-15-25(32)16-12-23)17-29(24)26-19-33-21-34-20-26/h1-8,12-13,16-22H,9-11,14-15H2. The number of nitrogens with zero attached hydrogens (tertiary/aromatic N) is 3. The van der Waals surface area contributed by atoms with E-state index in [-0.39, 0.29) is 0 Å². The molecule has 3 aromatic carbocycles. The molecule has 10 rings (SSSR count). The molecule has 0 saturated heterocycles. The molecule has 0 amide bonds. The molecule has 0 fully saturated rings. The maximum absolute atomic E-state index is 4.29. The summed E-state index contributed by atoms with van der Waals surface area (Å²) in [7, 11) is 0. The van der Waals surface area contributed by atoms with Crippen LogP contribution in [0.15, 0.2) is 103 Å². The first-order chi connectivity index (χ1) is 17.3. The third-order valence-electron chi connectivity index (χ3n) is 7.73. The Kier molecular flexibility index (Phi) is 4.87. The zero-order chi connectivity index (χ0) is 23.2. The molecule has 0 saturated carbocycles. The number of aryl methyl sites for hydroxylation is 2. The van der Waals surface area contributed by atoms with Crippen molar-refractivity contribution in [3.63, 3.8) is 0 Å². The zero-order valence-corrected chi connectivity index (χ0v) is 19.7. The van der Waals surface area contributed by atoms with Crippen LogP contribution in [0.5, 0.6) is 0 Å². The first-order valence-electron chi connectivity index (χ1n) is 12.6. The fourth-order valence-electron chi connectivity index (χ4n) is 5.96. The minimum Gasteiger partial charge on any atom is -0.309 e. The van der Waals surface area contributed by atoms with Crippen LogP contribution < -0.4 is 0 Å². The van der Waals surface area contributed by atoms with Crippen LogP contribution in [0.1, 0.15) is 36.0 Å². The monoisotopic (exact) mass is 453 g/mol. The van der Waals surface area contributed by atoms with E-state index in [4.69, 9.17) is 0 Å². The molecule has 3 nitrogen and oxygen atoms in total. The van der Waals surface area contributed by atoms with Crippen molar-refractivity contribution < 1.29 is 0 Å². The van der Waals surface area contributed by atoms with Gasteiger partial charge in [0.25, 0.3) is 0 Å². The van der Waals surface area contributed by atoms with Crippen LogP contribution >= 0.6 is 0 Å². The normalized spacial score (nSPS) is 17.8. The van der Waals surface area contributed by atoms with E-state index in [1.54, 1.807) is 6.33 Å². The number of aromatic nitrogens is 3. The summed E-state index contributed by atoms with van der Waals surface area (Å²) in [5.41, 5.74) is 10.6. The lowest BCUT2D eigenvalue weighted by atomic mass is 9.82. The number of para-hydroxylation sites is 2. The average molecular weight is 454 g/mol. The molecule has 1 unspecified atom stereocenters. The van der Waals surface area contributed by atoms with Crippen molar-refractivity contribution in [2.75, 3.05) is 0 Å². The van der Waals surface area contributed by atoms with Crippen LogP contribution in [-0.2, 0) is 12.8 Å². The van der Waals surface area contributed by atoms with Gasteiger partial charge in [0.05, 0.1) is 11.0 Å². The van der Waals surface area contributed by atoms with Crippen LogP contribution in [0.3, 0.4) is 0 Å². The molecule has 0 radical (unpaired) electrons. The van der Waals surface area contributed by atoms with Gasteiger partial charge in [-0.15, -0.1) is 0 Å². The maximum Gasteiger partial charge on any atom is 0.115 e. The van der Waals surface area contributed by atoms with Crippen molar-refractivity contribution in [3.05, 3.63) is 120 Å². The topological polar surface area (TPSA) is 30.7 Å². The Hall–Kier alpha value is -3.98. The molecule has 2 aromatic heterocycles. The van der Waals surface area contributed by atoms with E-state index in [9.17, 15) is 0 Å². The van der Waals surface area contributed by atoms with Crippen molar-refractivity contribution in [2.45, 2.75) is 32.1 Å². The molecule has 0 aliphatic heterocycles. The molecule has 5 aromatic rings. The zero-order valence-electron chi connectivity index (χ0n) is 19.7. The second-order valence-corrected chi connectivity index (χ2v) is 9.80. The smallest absolute Gasteiger partial charge is 0.115 e. The molecule has 35 heavy (non-hydrogen) atoms. The minimum absolute atomic E-state index is 0.527. The summed E-state index contributed by atoms with van der Waals surface area (Å²) in [6, 6.07) is 24.8. The Morgan fingerprint density at radius 1 is 0.771 bits per heavy atom. The van der Waals surface area contributed by atoms with Gasteiger partial charge in [-0.05, 0) is 78.5 Å². The SMILES string of the molecule is C1=C2CCc3ccc(c(-n4c5ccccc5c5ccccc54)c3)CCC(C=C2c2cncnc2)C1. The molecule has 0 spiro atoms. The maximum atomic E-state index is 4.29. The van der Waals surface area contributed by atoms with Gasteiger partial charge in [0, 0.05) is 34.4 Å². The fourth-order valence-corrected chi connectivity index (χ4v) is 5.96. The molecule has 5 aliphatic carbocycles. The highest BCUT2D eigenvalue weighted by Gasteiger charge is 2.21. The van der Waals surface area contributed by atoms with Gasteiger partial charge in [-0.2, -0.15) is 0 Å². The summed E-state index contributed by atoms with van der Waals surface area (Å²) >= 11 is 0. The Bertz CT molecular complexity index is 1570. The van der Waals surface area contributed by atoms with Gasteiger partial charge in [-0.3, -0.25) is 0 Å². The lowest BCUT2D eigenvalue weighted by Gasteiger charge is -2.24. The first kappa shape index (κ1) is 20.4. The first-order valence-corrected chi connectivity index (χ1v) is 12.6. The highest BCUT2D eigenvalue weighted by atomic mass is 15.0. The van der Waals surface area contributed by atoms with Crippen LogP contribution in [-0.4, -0.2) is 14.5 Å². The van der Waals surface area contributed by atoms with Gasteiger partial charge in [-0.1, -0.05) is 60.7 Å². The summed E-state index contributed by atoms with van der Waals surface area (Å²) in [6.07, 6.45) is 15.8. The van der Waals surface area contributed by atoms with Gasteiger partial charge in [0.1, 0.15) is 6.33 Å². The van der Waals surface area contributed by atoms with Gasteiger partial charge >= 0.3 is 0 Å². The third-order valence-corrected chi connectivity index (χ3v) is 7.73. The molecule has 3 heteroatoms. The van der Waals surface area contributed by atoms with Gasteiger partial charge in [0.15, 0.2) is 0 Å².